The van der Waals surface area contributed by atoms with Crippen LogP contribution in [0, 0.1) is 0 Å². The van der Waals surface area contributed by atoms with Crippen LogP contribution >= 0.6 is 0 Å². The lowest BCUT2D eigenvalue weighted by Crippen LogP contribution is -2.32. The molecular weight excluding hydrogens is 136 g/mol. The predicted molar refractivity (Wildman–Crippen MR) is 32.6 cm³/mol. The quantitative estimate of drug-likeness (QED) is 0.246. The minimum atomic E-state index is -2.05. The fraction of sp³-hybridized carbons (Fsp3) is 0.333. The molecule has 0 aliphatic heterocycles. The molecule has 0 aromatic carbocycles. The van der Waals surface area contributed by atoms with Gasteiger partial charge in [0.05, 0.1) is 0 Å². The Hall–Kier alpha value is -0.680. The number of hydrogen-bond acceptors (Lipinski definition) is 4. The summed E-state index contributed by atoms with van der Waals surface area (Å²) in [6, 6.07) is 0. The van der Waals surface area contributed by atoms with Gasteiger partial charge in [-0.2, -0.15) is 0 Å². The lowest BCUT2D eigenvalue weighted by Gasteiger charge is -2.22. The van der Waals surface area contributed by atoms with Crippen LogP contribution in [0.5, 0.6) is 0 Å². The van der Waals surface area contributed by atoms with E-state index in [-0.39, 0.29) is 0 Å². The average Bonchev–Trinajstić information content (AvgIpc) is 1.79. The Labute approximate surface area is 57.4 Å². The number of hydrogen-bond donors (Lipinski definition) is 4. The van der Waals surface area contributed by atoms with Gasteiger partial charge in [-0.05, 0) is 24.3 Å². The molecule has 1 rings (SSSR count). The standard InChI is InChI=1S/C6H8O4/c7-5(8)1-2-6(9,10)4-3-5/h1-4,7-10H. The third kappa shape index (κ3) is 1.65. The highest BCUT2D eigenvalue weighted by molar-refractivity contribution is 5.21. The Morgan fingerprint density at radius 2 is 0.800 bits per heavy atom. The third-order valence-electron chi connectivity index (χ3n) is 1.15. The van der Waals surface area contributed by atoms with Gasteiger partial charge in [0.2, 0.25) is 11.6 Å². The molecule has 0 spiro atoms. The van der Waals surface area contributed by atoms with Gasteiger partial charge in [-0.1, -0.05) is 0 Å². The van der Waals surface area contributed by atoms with E-state index in [0.29, 0.717) is 0 Å². The van der Waals surface area contributed by atoms with Gasteiger partial charge in [-0.15, -0.1) is 0 Å². The van der Waals surface area contributed by atoms with Gasteiger partial charge in [0.1, 0.15) is 0 Å². The van der Waals surface area contributed by atoms with Crippen molar-refractivity contribution in [3.8, 4) is 0 Å². The highest BCUT2D eigenvalue weighted by atomic mass is 16.5. The van der Waals surface area contributed by atoms with Crippen LogP contribution in [0.4, 0.5) is 0 Å². The molecule has 0 saturated heterocycles. The summed E-state index contributed by atoms with van der Waals surface area (Å²) in [5.41, 5.74) is 0. The minimum Gasteiger partial charge on any atom is -0.359 e. The largest absolute Gasteiger partial charge is 0.359 e. The van der Waals surface area contributed by atoms with Crippen molar-refractivity contribution in [3.63, 3.8) is 0 Å². The molecule has 4 N–H and O–H groups in total. The smallest absolute Gasteiger partial charge is 0.203 e. The number of rotatable bonds is 0. The molecule has 0 heterocycles. The monoisotopic (exact) mass is 144 g/mol. The fourth-order valence-corrected chi connectivity index (χ4v) is 0.602. The maximum Gasteiger partial charge on any atom is 0.203 e. The highest BCUT2D eigenvalue weighted by Gasteiger charge is 2.25. The summed E-state index contributed by atoms with van der Waals surface area (Å²) >= 11 is 0. The van der Waals surface area contributed by atoms with E-state index in [1.54, 1.807) is 0 Å². The Morgan fingerprint density at radius 3 is 1.00 bits per heavy atom. The fourth-order valence-electron chi connectivity index (χ4n) is 0.602. The molecule has 0 radical (unpaired) electrons. The van der Waals surface area contributed by atoms with Gasteiger partial charge < -0.3 is 20.4 Å². The van der Waals surface area contributed by atoms with Crippen LogP contribution in [0.3, 0.4) is 0 Å². The normalized spacial score (nSPS) is 26.8. The van der Waals surface area contributed by atoms with Gasteiger partial charge in [0.15, 0.2) is 0 Å². The van der Waals surface area contributed by atoms with Gasteiger partial charge in [-0.3, -0.25) is 0 Å². The van der Waals surface area contributed by atoms with Gasteiger partial charge in [-0.25, -0.2) is 0 Å². The SMILES string of the molecule is OC1(O)C=CC(O)(O)C=C1. The van der Waals surface area contributed by atoms with Crippen LogP contribution < -0.4 is 0 Å². The van der Waals surface area contributed by atoms with Crippen LogP contribution in [0.25, 0.3) is 0 Å². The van der Waals surface area contributed by atoms with E-state index in [1.165, 1.54) is 0 Å². The summed E-state index contributed by atoms with van der Waals surface area (Å²) in [6.07, 6.45) is 3.53. The van der Waals surface area contributed by atoms with Crippen molar-refractivity contribution in [1.29, 1.82) is 0 Å². The van der Waals surface area contributed by atoms with Gasteiger partial charge >= 0.3 is 0 Å². The van der Waals surface area contributed by atoms with Crippen LogP contribution in [0.1, 0.15) is 0 Å². The van der Waals surface area contributed by atoms with Crippen LogP contribution in [-0.4, -0.2) is 32.0 Å². The summed E-state index contributed by atoms with van der Waals surface area (Å²) in [6.45, 7) is 0. The van der Waals surface area contributed by atoms with Crippen molar-refractivity contribution >= 4 is 0 Å². The predicted octanol–water partition coefficient (Wildman–Crippen LogP) is -1.53. The lowest BCUT2D eigenvalue weighted by molar-refractivity contribution is -0.106. The van der Waals surface area contributed by atoms with Crippen molar-refractivity contribution < 1.29 is 20.4 Å². The van der Waals surface area contributed by atoms with Crippen molar-refractivity contribution in [3.05, 3.63) is 24.3 Å². The molecule has 0 bridgehead atoms. The first-order chi connectivity index (χ1) is 4.41. The molecule has 0 atom stereocenters. The van der Waals surface area contributed by atoms with Crippen molar-refractivity contribution in [2.45, 2.75) is 11.6 Å². The molecule has 0 saturated carbocycles. The molecule has 0 amide bonds. The van der Waals surface area contributed by atoms with Crippen molar-refractivity contribution in [1.82, 2.24) is 0 Å². The van der Waals surface area contributed by atoms with Gasteiger partial charge in [0.25, 0.3) is 0 Å². The number of aliphatic hydroxyl groups is 4. The molecular formula is C6H8O4. The lowest BCUT2D eigenvalue weighted by atomic mass is 10.1. The average molecular weight is 144 g/mol. The zero-order valence-electron chi connectivity index (χ0n) is 5.10. The Morgan fingerprint density at radius 1 is 0.600 bits per heavy atom. The topological polar surface area (TPSA) is 80.9 Å². The van der Waals surface area contributed by atoms with Crippen LogP contribution in [0.2, 0.25) is 0 Å². The molecule has 4 heteroatoms. The summed E-state index contributed by atoms with van der Waals surface area (Å²) < 4.78 is 0. The first kappa shape index (κ1) is 7.43. The van der Waals surface area contributed by atoms with E-state index in [1.807, 2.05) is 0 Å². The van der Waals surface area contributed by atoms with Crippen molar-refractivity contribution in [2.75, 3.05) is 0 Å². The Balaban J connectivity index is 2.81. The van der Waals surface area contributed by atoms with Gasteiger partial charge in [0, 0.05) is 0 Å². The second-order valence-electron chi connectivity index (χ2n) is 2.23. The molecule has 1 aliphatic rings. The molecule has 0 unspecified atom stereocenters. The zero-order chi connectivity index (χ0) is 7.83. The summed E-state index contributed by atoms with van der Waals surface area (Å²) in [5, 5.41) is 35.1. The molecule has 0 fully saturated rings. The molecule has 56 valence electrons. The summed E-state index contributed by atoms with van der Waals surface area (Å²) in [4.78, 5) is 0. The van der Waals surface area contributed by atoms with E-state index < -0.39 is 11.6 Å². The van der Waals surface area contributed by atoms with E-state index in [2.05, 4.69) is 0 Å². The molecule has 0 aromatic rings. The van der Waals surface area contributed by atoms with E-state index >= 15 is 0 Å². The summed E-state index contributed by atoms with van der Waals surface area (Å²) in [7, 11) is 0. The Kier molecular flexibility index (Phi) is 1.41. The van der Waals surface area contributed by atoms with E-state index in [4.69, 9.17) is 20.4 Å². The Bertz CT molecular complexity index is 152. The van der Waals surface area contributed by atoms with Crippen LogP contribution in [0.15, 0.2) is 24.3 Å². The second-order valence-corrected chi connectivity index (χ2v) is 2.23. The molecule has 1 aliphatic carbocycles. The zero-order valence-corrected chi connectivity index (χ0v) is 5.10. The van der Waals surface area contributed by atoms with E-state index in [0.717, 1.165) is 24.3 Å². The maximum atomic E-state index is 8.77. The molecule has 0 aromatic heterocycles. The van der Waals surface area contributed by atoms with Crippen molar-refractivity contribution in [2.24, 2.45) is 0 Å². The first-order valence-electron chi connectivity index (χ1n) is 2.72. The molecule has 10 heavy (non-hydrogen) atoms. The van der Waals surface area contributed by atoms with E-state index in [9.17, 15) is 0 Å². The first-order valence-corrected chi connectivity index (χ1v) is 2.72. The second kappa shape index (κ2) is 1.90. The highest BCUT2D eigenvalue weighted by Crippen LogP contribution is 2.16. The maximum absolute atomic E-state index is 8.77. The molecule has 4 nitrogen and oxygen atoms in total. The summed E-state index contributed by atoms with van der Waals surface area (Å²) in [5.74, 6) is -4.09. The minimum absolute atomic E-state index is 0.882. The van der Waals surface area contributed by atoms with Crippen LogP contribution in [-0.2, 0) is 0 Å². The third-order valence-corrected chi connectivity index (χ3v) is 1.15.